The van der Waals surface area contributed by atoms with Gasteiger partial charge in [-0.2, -0.15) is 18.3 Å². The van der Waals surface area contributed by atoms with Gasteiger partial charge in [0.1, 0.15) is 11.8 Å². The number of carboxylic acid groups (broad SMARTS) is 1. The van der Waals surface area contributed by atoms with E-state index in [0.29, 0.717) is 12.4 Å². The number of alkyl halides is 3. The largest absolute Gasteiger partial charge is 0.494 e. The van der Waals surface area contributed by atoms with Gasteiger partial charge >= 0.3 is 12.1 Å². The first-order valence-corrected chi connectivity index (χ1v) is 10.8. The Morgan fingerprint density at radius 1 is 1.03 bits per heavy atom. The minimum absolute atomic E-state index is 0.198. The van der Waals surface area contributed by atoms with Crippen LogP contribution in [-0.4, -0.2) is 51.4 Å². The van der Waals surface area contributed by atoms with Crippen LogP contribution < -0.4 is 15.4 Å². The minimum Gasteiger partial charge on any atom is -0.494 e. The molecule has 0 radical (unpaired) electrons. The normalized spacial score (nSPS) is 12.9. The van der Waals surface area contributed by atoms with E-state index in [0.717, 1.165) is 10.9 Å². The van der Waals surface area contributed by atoms with Crippen LogP contribution in [0, 0.1) is 0 Å². The van der Waals surface area contributed by atoms with Crippen molar-refractivity contribution in [3.05, 3.63) is 77.6 Å². The fourth-order valence-corrected chi connectivity index (χ4v) is 3.32. The number of hydrogen-bond acceptors (Lipinski definition) is 5. The van der Waals surface area contributed by atoms with Crippen molar-refractivity contribution in [1.29, 1.82) is 0 Å². The lowest BCUT2D eigenvalue weighted by Crippen LogP contribution is -2.54. The van der Waals surface area contributed by atoms with Gasteiger partial charge in [0.25, 0.3) is 11.8 Å². The van der Waals surface area contributed by atoms with Crippen LogP contribution in [0.5, 0.6) is 5.75 Å². The Morgan fingerprint density at radius 3 is 2.22 bits per heavy atom. The number of nitrogens with zero attached hydrogens (tertiary/aromatic N) is 2. The van der Waals surface area contributed by atoms with Crippen LogP contribution in [0.4, 0.5) is 13.2 Å². The Bertz CT molecular complexity index is 1230. The van der Waals surface area contributed by atoms with Crippen molar-refractivity contribution in [2.24, 2.45) is 0 Å². The minimum atomic E-state index is -4.97. The molecular weight excluding hydrogens is 481 g/mol. The molecule has 0 saturated heterocycles. The van der Waals surface area contributed by atoms with Crippen molar-refractivity contribution in [1.82, 2.24) is 20.4 Å². The van der Waals surface area contributed by atoms with Gasteiger partial charge in [-0.05, 0) is 50.2 Å². The highest BCUT2D eigenvalue weighted by Crippen LogP contribution is 2.31. The maximum Gasteiger partial charge on any atom is 0.435 e. The smallest absolute Gasteiger partial charge is 0.435 e. The molecule has 9 nitrogen and oxygen atoms in total. The number of aromatic nitrogens is 2. The molecule has 0 bridgehead atoms. The predicted molar refractivity (Wildman–Crippen MR) is 122 cm³/mol. The van der Waals surface area contributed by atoms with Gasteiger partial charge in [0.2, 0.25) is 0 Å². The zero-order valence-electron chi connectivity index (χ0n) is 19.2. The molecule has 2 amide bonds. The molecule has 1 aromatic heterocycles. The van der Waals surface area contributed by atoms with Crippen LogP contribution in [0.15, 0.2) is 60.8 Å². The highest BCUT2D eigenvalue weighted by Gasteiger charge is 2.40. The third-order valence-corrected chi connectivity index (χ3v) is 5.09. The second kappa shape index (κ2) is 10.9. The van der Waals surface area contributed by atoms with Gasteiger partial charge in [0.05, 0.1) is 23.9 Å². The van der Waals surface area contributed by atoms with Crippen LogP contribution in [0.2, 0.25) is 0 Å². The number of ether oxygens (including phenoxy) is 1. The second-order valence-electron chi connectivity index (χ2n) is 7.68. The average Bonchev–Trinajstić information content (AvgIpc) is 3.30. The van der Waals surface area contributed by atoms with E-state index in [4.69, 9.17) is 4.74 Å². The maximum absolute atomic E-state index is 13.6. The van der Waals surface area contributed by atoms with E-state index in [-0.39, 0.29) is 11.3 Å². The Kier molecular flexibility index (Phi) is 7.97. The average molecular weight is 504 g/mol. The van der Waals surface area contributed by atoms with Crippen molar-refractivity contribution in [3.8, 4) is 11.4 Å². The Hall–Kier alpha value is -4.35. The van der Waals surface area contributed by atoms with Crippen molar-refractivity contribution in [2.45, 2.75) is 32.1 Å². The summed E-state index contributed by atoms with van der Waals surface area (Å²) in [7, 11) is 0. The third-order valence-electron chi connectivity index (χ3n) is 5.09. The Balaban J connectivity index is 1.80. The van der Waals surface area contributed by atoms with Gasteiger partial charge in [-0.25, -0.2) is 9.48 Å². The highest BCUT2D eigenvalue weighted by molar-refractivity contribution is 5.98. The molecule has 3 rings (SSSR count). The molecule has 3 N–H and O–H groups in total. The number of hydrogen-bond donors (Lipinski definition) is 3. The van der Waals surface area contributed by atoms with E-state index in [9.17, 15) is 32.7 Å². The molecule has 12 heteroatoms. The van der Waals surface area contributed by atoms with Gasteiger partial charge in [-0.3, -0.25) is 9.59 Å². The van der Waals surface area contributed by atoms with E-state index in [1.807, 2.05) is 0 Å². The molecule has 3 aromatic rings. The number of carbonyl (C=O) groups is 3. The second-order valence-corrected chi connectivity index (χ2v) is 7.68. The van der Waals surface area contributed by atoms with Crippen LogP contribution in [0.25, 0.3) is 5.69 Å². The van der Waals surface area contributed by atoms with Crippen LogP contribution in [0.3, 0.4) is 0 Å². The number of aliphatic carboxylic acids is 1. The fourth-order valence-electron chi connectivity index (χ4n) is 3.32. The predicted octanol–water partition coefficient (Wildman–Crippen LogP) is 3.29. The fraction of sp³-hybridized carbons (Fsp3) is 0.250. The topological polar surface area (TPSA) is 123 Å². The van der Waals surface area contributed by atoms with E-state index < -0.39 is 47.3 Å². The van der Waals surface area contributed by atoms with Gasteiger partial charge in [0.15, 0.2) is 5.69 Å². The van der Waals surface area contributed by atoms with Crippen molar-refractivity contribution >= 4 is 17.8 Å². The lowest BCUT2D eigenvalue weighted by Gasteiger charge is -2.22. The van der Waals surface area contributed by atoms with E-state index in [1.54, 1.807) is 37.3 Å². The Morgan fingerprint density at radius 2 is 1.67 bits per heavy atom. The third kappa shape index (κ3) is 6.20. The Labute approximate surface area is 203 Å². The number of amides is 2. The monoisotopic (exact) mass is 504 g/mol. The van der Waals surface area contributed by atoms with Crippen molar-refractivity contribution in [2.75, 3.05) is 6.61 Å². The quantitative estimate of drug-likeness (QED) is 0.411. The molecule has 36 heavy (non-hydrogen) atoms. The van der Waals surface area contributed by atoms with E-state index in [1.165, 1.54) is 31.2 Å². The summed E-state index contributed by atoms with van der Waals surface area (Å²) in [5, 5.41) is 17.6. The summed E-state index contributed by atoms with van der Waals surface area (Å²) >= 11 is 0. The molecule has 0 saturated carbocycles. The lowest BCUT2D eigenvalue weighted by atomic mass is 10.1. The number of nitrogens with one attached hydrogen (secondary N) is 2. The molecule has 0 fully saturated rings. The molecular formula is C24H23F3N4O5. The number of rotatable bonds is 9. The maximum atomic E-state index is 13.6. The van der Waals surface area contributed by atoms with E-state index in [2.05, 4.69) is 15.7 Å². The first kappa shape index (κ1) is 26.3. The number of carbonyl (C=O) groups excluding carboxylic acids is 2. The zero-order chi connectivity index (χ0) is 26.5. The molecule has 2 aromatic carbocycles. The summed E-state index contributed by atoms with van der Waals surface area (Å²) < 4.78 is 46.9. The molecule has 190 valence electrons. The standard InChI is InChI=1S/C24H23F3N4O5/c1-3-36-17-11-9-15(10-12-17)21(32)28-14(2)19(23(34)35)29-22(33)18-13-31(16-7-5-4-6-8-16)30-20(18)24(25,26)27/h4-14,19H,3H2,1-2H3,(H,28,32)(H,29,33)(H,34,35)/t14?,19-/m0/s1. The lowest BCUT2D eigenvalue weighted by molar-refractivity contribution is -0.141. The van der Waals surface area contributed by atoms with Crippen LogP contribution in [-0.2, 0) is 11.0 Å². The van der Waals surface area contributed by atoms with Gasteiger partial charge in [-0.15, -0.1) is 0 Å². The van der Waals surface area contributed by atoms with Gasteiger partial charge in [0, 0.05) is 11.8 Å². The molecule has 2 atom stereocenters. The van der Waals surface area contributed by atoms with Crippen molar-refractivity contribution in [3.63, 3.8) is 0 Å². The number of carboxylic acids is 1. The van der Waals surface area contributed by atoms with Crippen molar-refractivity contribution < 1.29 is 37.4 Å². The summed E-state index contributed by atoms with van der Waals surface area (Å²) in [6, 6.07) is 11.0. The summed E-state index contributed by atoms with van der Waals surface area (Å²) in [6.07, 6.45) is -4.10. The zero-order valence-corrected chi connectivity index (χ0v) is 19.2. The summed E-state index contributed by atoms with van der Waals surface area (Å²) in [5.41, 5.74) is -1.86. The van der Waals surface area contributed by atoms with Gasteiger partial charge < -0.3 is 20.5 Å². The number of halogens is 3. The summed E-state index contributed by atoms with van der Waals surface area (Å²) in [6.45, 7) is 3.54. The molecule has 0 aliphatic heterocycles. The molecule has 1 heterocycles. The summed E-state index contributed by atoms with van der Waals surface area (Å²) in [4.78, 5) is 37.1. The van der Waals surface area contributed by atoms with Crippen LogP contribution in [0.1, 0.15) is 40.3 Å². The SMILES string of the molecule is CCOc1ccc(C(=O)NC(C)[C@H](NC(=O)c2cn(-c3ccccc3)nc2C(F)(F)F)C(=O)O)cc1. The first-order valence-electron chi connectivity index (χ1n) is 10.8. The number of para-hydroxylation sites is 1. The molecule has 0 spiro atoms. The van der Waals surface area contributed by atoms with Crippen LogP contribution >= 0.6 is 0 Å². The van der Waals surface area contributed by atoms with Gasteiger partial charge in [-0.1, -0.05) is 18.2 Å². The molecule has 0 aliphatic carbocycles. The summed E-state index contributed by atoms with van der Waals surface area (Å²) in [5.74, 6) is -2.96. The number of benzene rings is 2. The molecule has 1 unspecified atom stereocenters. The molecule has 0 aliphatic rings. The highest BCUT2D eigenvalue weighted by atomic mass is 19.4. The van der Waals surface area contributed by atoms with E-state index >= 15 is 0 Å². The first-order chi connectivity index (χ1) is 17.0.